The Morgan fingerprint density at radius 2 is 2.24 bits per heavy atom. The number of nitriles is 1. The first-order chi connectivity index (χ1) is 10.0. The van der Waals surface area contributed by atoms with Gasteiger partial charge in [-0.2, -0.15) is 5.26 Å². The van der Waals surface area contributed by atoms with E-state index in [9.17, 15) is 25.3 Å². The second kappa shape index (κ2) is 4.74. The van der Waals surface area contributed by atoms with Gasteiger partial charge < -0.3 is 10.0 Å². The molecule has 7 nitrogen and oxygen atoms in total. The summed E-state index contributed by atoms with van der Waals surface area (Å²) in [5.74, 6) is -1.24. The molecule has 0 saturated carbocycles. The first-order valence-corrected chi connectivity index (χ1v) is 6.72. The predicted octanol–water partition coefficient (Wildman–Crippen LogP) is 1.91. The zero-order valence-corrected chi connectivity index (χ0v) is 11.1. The number of anilines is 1. The predicted molar refractivity (Wildman–Crippen MR) is 72.8 cm³/mol. The summed E-state index contributed by atoms with van der Waals surface area (Å²) in [6.45, 7) is 0. The lowest BCUT2D eigenvalue weighted by molar-refractivity contribution is -0.384. The van der Waals surface area contributed by atoms with Crippen LogP contribution in [0.1, 0.15) is 24.8 Å². The van der Waals surface area contributed by atoms with E-state index in [2.05, 4.69) is 0 Å². The average Bonchev–Trinajstić information content (AvgIpc) is 3.04. The van der Waals surface area contributed by atoms with Gasteiger partial charge in [0.15, 0.2) is 0 Å². The molecule has 7 heteroatoms. The number of hydrogen-bond donors (Lipinski definition) is 1. The van der Waals surface area contributed by atoms with Crippen molar-refractivity contribution in [3.63, 3.8) is 0 Å². The van der Waals surface area contributed by atoms with E-state index >= 15 is 0 Å². The van der Waals surface area contributed by atoms with Gasteiger partial charge in [0.05, 0.1) is 22.1 Å². The Kier molecular flexibility index (Phi) is 3.01. The molecule has 3 unspecified atom stereocenters. The fraction of sp³-hybridized carbons (Fsp3) is 0.429. The number of hydrogen-bond acceptors (Lipinski definition) is 5. The van der Waals surface area contributed by atoms with Crippen LogP contribution >= 0.6 is 0 Å². The Balaban J connectivity index is 2.00. The van der Waals surface area contributed by atoms with Crippen molar-refractivity contribution in [2.24, 2.45) is 5.92 Å². The number of rotatable bonds is 3. The largest absolute Gasteiger partial charge is 0.481 e. The number of benzene rings is 1. The van der Waals surface area contributed by atoms with Gasteiger partial charge in [0.2, 0.25) is 0 Å². The summed E-state index contributed by atoms with van der Waals surface area (Å²) in [5, 5.41) is 29.3. The van der Waals surface area contributed by atoms with Gasteiger partial charge in [-0.25, -0.2) is 0 Å². The number of nitro benzene ring substituents is 1. The van der Waals surface area contributed by atoms with E-state index in [-0.39, 0.29) is 23.3 Å². The molecule has 2 aliphatic rings. The van der Waals surface area contributed by atoms with Crippen molar-refractivity contribution < 1.29 is 14.8 Å². The molecule has 108 valence electrons. The van der Waals surface area contributed by atoms with E-state index in [0.29, 0.717) is 12.1 Å². The van der Waals surface area contributed by atoms with E-state index in [1.165, 1.54) is 12.1 Å². The minimum absolute atomic E-state index is 0.102. The van der Waals surface area contributed by atoms with Gasteiger partial charge >= 0.3 is 5.97 Å². The Morgan fingerprint density at radius 3 is 2.81 bits per heavy atom. The monoisotopic (exact) mass is 287 g/mol. The number of fused-ring (bicyclic) bond motifs is 2. The second-order valence-electron chi connectivity index (χ2n) is 5.46. The fourth-order valence-electron chi connectivity index (χ4n) is 3.58. The smallest absolute Gasteiger partial charge is 0.308 e. The summed E-state index contributed by atoms with van der Waals surface area (Å²) in [7, 11) is 0. The lowest BCUT2D eigenvalue weighted by atomic mass is 9.89. The Hall–Kier alpha value is -2.62. The molecule has 21 heavy (non-hydrogen) atoms. The highest BCUT2D eigenvalue weighted by atomic mass is 16.6. The molecule has 1 N–H and O–H groups in total. The minimum atomic E-state index is -0.812. The topological polar surface area (TPSA) is 107 Å². The highest BCUT2D eigenvalue weighted by Gasteiger charge is 2.49. The van der Waals surface area contributed by atoms with Gasteiger partial charge in [0, 0.05) is 24.2 Å². The summed E-state index contributed by atoms with van der Waals surface area (Å²) in [4.78, 5) is 23.5. The maximum atomic E-state index is 11.3. The molecule has 0 radical (unpaired) electrons. The molecule has 0 amide bonds. The third-order valence-corrected chi connectivity index (χ3v) is 4.44. The van der Waals surface area contributed by atoms with Crippen LogP contribution in [0.4, 0.5) is 11.4 Å². The molecule has 0 spiro atoms. The van der Waals surface area contributed by atoms with Crippen molar-refractivity contribution in [3.8, 4) is 6.07 Å². The Morgan fingerprint density at radius 1 is 1.48 bits per heavy atom. The van der Waals surface area contributed by atoms with Crippen molar-refractivity contribution in [2.75, 3.05) is 4.90 Å². The number of carboxylic acid groups (broad SMARTS) is 1. The Labute approximate surface area is 120 Å². The van der Waals surface area contributed by atoms with Crippen LogP contribution in [0.3, 0.4) is 0 Å². The molecule has 3 atom stereocenters. The van der Waals surface area contributed by atoms with Gasteiger partial charge in [0.1, 0.15) is 6.07 Å². The van der Waals surface area contributed by atoms with Gasteiger partial charge in [-0.3, -0.25) is 14.9 Å². The van der Waals surface area contributed by atoms with Crippen molar-refractivity contribution in [1.29, 1.82) is 5.26 Å². The third kappa shape index (κ3) is 2.00. The molecule has 1 aromatic rings. The summed E-state index contributed by atoms with van der Waals surface area (Å²) in [6, 6.07) is 6.14. The highest BCUT2D eigenvalue weighted by molar-refractivity contribution is 5.75. The second-order valence-corrected chi connectivity index (χ2v) is 5.46. The highest BCUT2D eigenvalue weighted by Crippen LogP contribution is 2.45. The number of nitro groups is 1. The summed E-state index contributed by atoms with van der Waals surface area (Å²) < 4.78 is 0. The molecule has 2 fully saturated rings. The zero-order valence-electron chi connectivity index (χ0n) is 11.1. The van der Waals surface area contributed by atoms with Crippen LogP contribution in [-0.4, -0.2) is 28.1 Å². The lowest BCUT2D eigenvalue weighted by Crippen LogP contribution is -2.33. The van der Waals surface area contributed by atoms with Gasteiger partial charge in [0.25, 0.3) is 5.69 Å². The van der Waals surface area contributed by atoms with Crippen molar-refractivity contribution in [1.82, 2.24) is 0 Å². The number of aliphatic carboxylic acids is 1. The standard InChI is InChI=1S/C14H13N3O4/c15-7-8-5-10(17(20)21)2-3-12(8)16-9-1-4-13(16)11(6-9)14(18)19/h2-3,5,9,11,13H,1,4,6H2,(H,18,19). The number of carboxylic acids is 1. The summed E-state index contributed by atoms with van der Waals surface area (Å²) in [6.07, 6.45) is 2.25. The first kappa shape index (κ1) is 13.4. The molecular weight excluding hydrogens is 274 g/mol. The van der Waals surface area contributed by atoms with Crippen molar-refractivity contribution in [2.45, 2.75) is 31.3 Å². The van der Waals surface area contributed by atoms with Crippen LogP contribution in [0.25, 0.3) is 0 Å². The molecule has 0 aromatic heterocycles. The Bertz CT molecular complexity index is 667. The SMILES string of the molecule is N#Cc1cc([N+](=O)[O-])ccc1N1C2CCC1C(C(=O)O)C2. The molecule has 2 bridgehead atoms. The maximum absolute atomic E-state index is 11.3. The molecule has 2 saturated heterocycles. The zero-order chi connectivity index (χ0) is 15.1. The summed E-state index contributed by atoms with van der Waals surface area (Å²) in [5.41, 5.74) is 0.711. The maximum Gasteiger partial charge on any atom is 0.308 e. The van der Waals surface area contributed by atoms with Crippen LogP contribution in [0, 0.1) is 27.4 Å². The summed E-state index contributed by atoms with van der Waals surface area (Å²) >= 11 is 0. The number of non-ortho nitro benzene ring substituents is 1. The quantitative estimate of drug-likeness (QED) is 0.672. The van der Waals surface area contributed by atoms with Crippen LogP contribution in [-0.2, 0) is 4.79 Å². The first-order valence-electron chi connectivity index (χ1n) is 6.72. The molecule has 2 heterocycles. The number of carbonyl (C=O) groups is 1. The van der Waals surface area contributed by atoms with Crippen LogP contribution in [0.15, 0.2) is 18.2 Å². The van der Waals surface area contributed by atoms with E-state index in [0.717, 1.165) is 12.8 Å². The average molecular weight is 287 g/mol. The van der Waals surface area contributed by atoms with Crippen molar-refractivity contribution >= 4 is 17.3 Å². The molecule has 1 aromatic carbocycles. The van der Waals surface area contributed by atoms with Gasteiger partial charge in [-0.05, 0) is 25.3 Å². The molecule has 2 aliphatic heterocycles. The van der Waals surface area contributed by atoms with E-state index in [4.69, 9.17) is 0 Å². The van der Waals surface area contributed by atoms with E-state index in [1.54, 1.807) is 6.07 Å². The molecular formula is C14H13N3O4. The van der Waals surface area contributed by atoms with Crippen LogP contribution in [0.5, 0.6) is 0 Å². The normalized spacial score (nSPS) is 26.6. The van der Waals surface area contributed by atoms with Gasteiger partial charge in [-0.15, -0.1) is 0 Å². The minimum Gasteiger partial charge on any atom is -0.481 e. The van der Waals surface area contributed by atoms with E-state index < -0.39 is 16.8 Å². The van der Waals surface area contributed by atoms with Gasteiger partial charge in [-0.1, -0.05) is 0 Å². The van der Waals surface area contributed by atoms with E-state index in [1.807, 2.05) is 11.0 Å². The lowest BCUT2D eigenvalue weighted by Gasteiger charge is -2.26. The number of nitrogens with zero attached hydrogens (tertiary/aromatic N) is 3. The third-order valence-electron chi connectivity index (χ3n) is 4.44. The molecule has 0 aliphatic carbocycles. The molecule has 3 rings (SSSR count). The van der Waals surface area contributed by atoms with Crippen molar-refractivity contribution in [3.05, 3.63) is 33.9 Å². The van der Waals surface area contributed by atoms with Crippen LogP contribution in [0.2, 0.25) is 0 Å². The fourth-order valence-corrected chi connectivity index (χ4v) is 3.58. The van der Waals surface area contributed by atoms with Crippen LogP contribution < -0.4 is 4.90 Å².